The maximum absolute atomic E-state index is 4.23. The predicted octanol–water partition coefficient (Wildman–Crippen LogP) is 2.29. The summed E-state index contributed by atoms with van der Waals surface area (Å²) in [5.74, 6) is 1.50. The third kappa shape index (κ3) is 2.91. The normalized spacial score (nSPS) is 10.0. The first-order chi connectivity index (χ1) is 8.31. The third-order valence-electron chi connectivity index (χ3n) is 2.19. The lowest BCUT2D eigenvalue weighted by Crippen LogP contribution is -2.05. The molecule has 0 aromatic carbocycles. The van der Waals surface area contributed by atoms with Crippen LogP contribution in [0, 0.1) is 0 Å². The van der Waals surface area contributed by atoms with Gasteiger partial charge in [-0.3, -0.25) is 4.98 Å². The van der Waals surface area contributed by atoms with Crippen LogP contribution in [0.3, 0.4) is 0 Å². The van der Waals surface area contributed by atoms with Crippen molar-refractivity contribution in [2.24, 2.45) is 0 Å². The number of halogens is 1. The van der Waals surface area contributed by atoms with Gasteiger partial charge in [0, 0.05) is 13.2 Å². The van der Waals surface area contributed by atoms with Gasteiger partial charge in [0.15, 0.2) is 0 Å². The second kappa shape index (κ2) is 5.58. The van der Waals surface area contributed by atoms with E-state index in [2.05, 4.69) is 41.5 Å². The van der Waals surface area contributed by atoms with Crippen molar-refractivity contribution in [2.75, 3.05) is 17.7 Å². The molecular weight excluding hydrogens is 282 g/mol. The summed E-state index contributed by atoms with van der Waals surface area (Å²) in [6.45, 7) is 0.625. The lowest BCUT2D eigenvalue weighted by Gasteiger charge is -2.09. The molecule has 0 aliphatic carbocycles. The molecule has 0 bridgehead atoms. The number of anilines is 2. The van der Waals surface area contributed by atoms with Gasteiger partial charge >= 0.3 is 0 Å². The summed E-state index contributed by atoms with van der Waals surface area (Å²) in [5, 5.41) is 6.18. The number of aromatic nitrogens is 3. The van der Waals surface area contributed by atoms with Gasteiger partial charge in [-0.1, -0.05) is 6.07 Å². The van der Waals surface area contributed by atoms with Crippen LogP contribution in [0.25, 0.3) is 0 Å². The summed E-state index contributed by atoms with van der Waals surface area (Å²) in [4.78, 5) is 12.5. The highest BCUT2D eigenvalue weighted by Gasteiger charge is 2.06. The van der Waals surface area contributed by atoms with Crippen LogP contribution in [0.2, 0.25) is 0 Å². The van der Waals surface area contributed by atoms with Gasteiger partial charge in [-0.2, -0.15) is 0 Å². The highest BCUT2D eigenvalue weighted by Crippen LogP contribution is 2.26. The summed E-state index contributed by atoms with van der Waals surface area (Å²) < 4.78 is 0.818. The van der Waals surface area contributed by atoms with E-state index in [0.717, 1.165) is 21.8 Å². The van der Waals surface area contributed by atoms with E-state index in [9.17, 15) is 0 Å². The Labute approximate surface area is 108 Å². The highest BCUT2D eigenvalue weighted by atomic mass is 79.9. The Morgan fingerprint density at radius 1 is 1.18 bits per heavy atom. The summed E-state index contributed by atoms with van der Waals surface area (Å²) in [6.07, 6.45) is 3.28. The number of hydrogen-bond donors (Lipinski definition) is 2. The second-order valence-electron chi connectivity index (χ2n) is 3.31. The molecule has 2 aromatic rings. The molecule has 0 amide bonds. The van der Waals surface area contributed by atoms with Crippen LogP contribution in [-0.2, 0) is 6.54 Å². The van der Waals surface area contributed by atoms with Gasteiger partial charge in [-0.05, 0) is 28.1 Å². The first-order valence-corrected chi connectivity index (χ1v) is 5.92. The Kier molecular flexibility index (Phi) is 3.87. The monoisotopic (exact) mass is 293 g/mol. The van der Waals surface area contributed by atoms with Crippen molar-refractivity contribution >= 4 is 27.6 Å². The molecule has 88 valence electrons. The van der Waals surface area contributed by atoms with E-state index in [1.165, 1.54) is 6.33 Å². The molecule has 0 atom stereocenters. The molecule has 0 unspecified atom stereocenters. The quantitative estimate of drug-likeness (QED) is 0.906. The van der Waals surface area contributed by atoms with Crippen LogP contribution in [-0.4, -0.2) is 22.0 Å². The first-order valence-electron chi connectivity index (χ1n) is 5.13. The molecule has 2 N–H and O–H groups in total. The minimum absolute atomic E-state index is 0.625. The minimum Gasteiger partial charge on any atom is -0.372 e. The molecule has 0 spiro atoms. The zero-order chi connectivity index (χ0) is 12.1. The van der Waals surface area contributed by atoms with Crippen molar-refractivity contribution in [3.05, 3.63) is 40.9 Å². The molecule has 0 aliphatic heterocycles. The maximum Gasteiger partial charge on any atom is 0.146 e. The molecule has 0 saturated heterocycles. The van der Waals surface area contributed by atoms with Gasteiger partial charge < -0.3 is 10.6 Å². The highest BCUT2D eigenvalue weighted by molar-refractivity contribution is 9.10. The Morgan fingerprint density at radius 2 is 2.00 bits per heavy atom. The Bertz CT molecular complexity index is 488. The Balaban J connectivity index is 2.09. The van der Waals surface area contributed by atoms with Crippen molar-refractivity contribution in [3.8, 4) is 0 Å². The number of nitrogens with zero attached hydrogens (tertiary/aromatic N) is 3. The Hall–Kier alpha value is -1.69. The summed E-state index contributed by atoms with van der Waals surface area (Å²) in [7, 11) is 1.82. The number of pyridine rings is 1. The third-order valence-corrected chi connectivity index (χ3v) is 2.94. The summed E-state index contributed by atoms with van der Waals surface area (Å²) >= 11 is 3.44. The first kappa shape index (κ1) is 11.8. The lowest BCUT2D eigenvalue weighted by atomic mass is 10.3. The summed E-state index contributed by atoms with van der Waals surface area (Å²) in [6, 6.07) is 5.81. The van der Waals surface area contributed by atoms with E-state index in [1.54, 1.807) is 6.20 Å². The van der Waals surface area contributed by atoms with Gasteiger partial charge in [0.2, 0.25) is 0 Å². The average molecular weight is 294 g/mol. The molecular formula is C11H12BrN5. The second-order valence-corrected chi connectivity index (χ2v) is 4.10. The smallest absolute Gasteiger partial charge is 0.146 e. The average Bonchev–Trinajstić information content (AvgIpc) is 2.39. The molecule has 2 aromatic heterocycles. The van der Waals surface area contributed by atoms with Gasteiger partial charge in [0.05, 0.1) is 12.2 Å². The topological polar surface area (TPSA) is 62.7 Å². The van der Waals surface area contributed by atoms with Crippen molar-refractivity contribution < 1.29 is 0 Å². The van der Waals surface area contributed by atoms with Crippen LogP contribution in [0.5, 0.6) is 0 Å². The molecule has 0 radical (unpaired) electrons. The molecule has 2 heterocycles. The van der Waals surface area contributed by atoms with E-state index in [1.807, 2.05) is 25.2 Å². The van der Waals surface area contributed by atoms with Crippen molar-refractivity contribution in [1.29, 1.82) is 0 Å². The van der Waals surface area contributed by atoms with Crippen molar-refractivity contribution in [2.45, 2.75) is 6.54 Å². The van der Waals surface area contributed by atoms with E-state index < -0.39 is 0 Å². The molecule has 0 saturated carbocycles. The van der Waals surface area contributed by atoms with Gasteiger partial charge in [0.25, 0.3) is 0 Å². The number of nitrogens with one attached hydrogen (secondary N) is 2. The fraction of sp³-hybridized carbons (Fsp3) is 0.182. The molecule has 2 rings (SSSR count). The van der Waals surface area contributed by atoms with Gasteiger partial charge in [0.1, 0.15) is 22.4 Å². The maximum atomic E-state index is 4.23. The van der Waals surface area contributed by atoms with E-state index in [0.29, 0.717) is 6.54 Å². The lowest BCUT2D eigenvalue weighted by molar-refractivity contribution is 1.02. The van der Waals surface area contributed by atoms with Crippen LogP contribution in [0.15, 0.2) is 35.2 Å². The standard InChI is InChI=1S/C11H12BrN5/c1-13-10-9(12)11(17-7-16-10)15-6-8-4-2-3-5-14-8/h2-5,7H,6H2,1H3,(H2,13,15,16,17). The predicted molar refractivity (Wildman–Crippen MR) is 70.8 cm³/mol. The fourth-order valence-corrected chi connectivity index (χ4v) is 1.89. The number of rotatable bonds is 4. The SMILES string of the molecule is CNc1ncnc(NCc2ccccn2)c1Br. The van der Waals surface area contributed by atoms with Gasteiger partial charge in [-0.15, -0.1) is 0 Å². The summed E-state index contributed by atoms with van der Waals surface area (Å²) in [5.41, 5.74) is 0.962. The van der Waals surface area contributed by atoms with Crippen LogP contribution in [0.4, 0.5) is 11.6 Å². The van der Waals surface area contributed by atoms with Gasteiger partial charge in [-0.25, -0.2) is 9.97 Å². The molecule has 0 aliphatic rings. The van der Waals surface area contributed by atoms with Crippen LogP contribution < -0.4 is 10.6 Å². The molecule has 17 heavy (non-hydrogen) atoms. The van der Waals surface area contributed by atoms with Crippen LogP contribution in [0.1, 0.15) is 5.69 Å². The molecule has 0 fully saturated rings. The largest absolute Gasteiger partial charge is 0.372 e. The van der Waals surface area contributed by atoms with E-state index in [-0.39, 0.29) is 0 Å². The zero-order valence-corrected chi connectivity index (χ0v) is 10.9. The van der Waals surface area contributed by atoms with Crippen molar-refractivity contribution in [1.82, 2.24) is 15.0 Å². The van der Waals surface area contributed by atoms with Crippen LogP contribution >= 0.6 is 15.9 Å². The van der Waals surface area contributed by atoms with Crippen molar-refractivity contribution in [3.63, 3.8) is 0 Å². The zero-order valence-electron chi connectivity index (χ0n) is 9.31. The number of hydrogen-bond acceptors (Lipinski definition) is 5. The molecule has 6 heteroatoms. The minimum atomic E-state index is 0.625. The van der Waals surface area contributed by atoms with E-state index >= 15 is 0 Å². The van der Waals surface area contributed by atoms with E-state index in [4.69, 9.17) is 0 Å². The fourth-order valence-electron chi connectivity index (χ4n) is 1.34. The molecule has 5 nitrogen and oxygen atoms in total. The Morgan fingerprint density at radius 3 is 2.71 bits per heavy atom.